The second-order valence-electron chi connectivity index (χ2n) is 4.08. The number of rotatable bonds is 4. The molecule has 1 rings (SSSR count). The van der Waals surface area contributed by atoms with Gasteiger partial charge in [-0.3, -0.25) is 4.79 Å². The summed E-state index contributed by atoms with van der Waals surface area (Å²) in [5.41, 5.74) is 0.00522. The van der Waals surface area contributed by atoms with E-state index >= 15 is 0 Å². The molecule has 5 heteroatoms. The van der Waals surface area contributed by atoms with E-state index in [2.05, 4.69) is 21.2 Å². The number of benzene rings is 1. The predicted octanol–water partition coefficient (Wildman–Crippen LogP) is 2.48. The van der Waals surface area contributed by atoms with Crippen LogP contribution in [0.5, 0.6) is 0 Å². The van der Waals surface area contributed by atoms with Crippen LogP contribution in [0.25, 0.3) is 0 Å². The van der Waals surface area contributed by atoms with Crippen LogP contribution >= 0.6 is 15.9 Å². The van der Waals surface area contributed by atoms with Crippen LogP contribution in [-0.4, -0.2) is 23.2 Å². The minimum atomic E-state index is -0.568. The molecular weight excluding hydrogens is 289 g/mol. The quantitative estimate of drug-likeness (QED) is 0.898. The summed E-state index contributed by atoms with van der Waals surface area (Å²) in [7, 11) is 0. The molecule has 94 valence electrons. The van der Waals surface area contributed by atoms with E-state index in [9.17, 15) is 9.18 Å². The average Bonchev–Trinajstić information content (AvgIpc) is 2.15. The molecule has 17 heavy (non-hydrogen) atoms. The lowest BCUT2D eigenvalue weighted by molar-refractivity contribution is 0.0919. The highest BCUT2D eigenvalue weighted by Crippen LogP contribution is 2.15. The summed E-state index contributed by atoms with van der Waals surface area (Å²) in [6.45, 7) is 3.41. The van der Waals surface area contributed by atoms with Crippen molar-refractivity contribution in [1.29, 1.82) is 0 Å². The van der Waals surface area contributed by atoms with E-state index in [0.29, 0.717) is 10.9 Å². The van der Waals surface area contributed by atoms with Crippen LogP contribution in [0, 0.1) is 5.82 Å². The molecule has 1 amide bonds. The molecule has 2 atom stereocenters. The zero-order valence-electron chi connectivity index (χ0n) is 9.71. The second kappa shape index (κ2) is 6.12. The minimum absolute atomic E-state index is 0.00522. The third-order valence-electron chi connectivity index (χ3n) is 2.25. The summed E-state index contributed by atoms with van der Waals surface area (Å²) in [6, 6.07) is 4.07. The Morgan fingerprint density at radius 2 is 2.18 bits per heavy atom. The number of nitrogens with one attached hydrogen (secondary N) is 1. The number of amides is 1. The van der Waals surface area contributed by atoms with Crippen molar-refractivity contribution in [2.75, 3.05) is 0 Å². The molecule has 0 aromatic heterocycles. The molecule has 0 heterocycles. The van der Waals surface area contributed by atoms with Crippen LogP contribution in [0.3, 0.4) is 0 Å². The Morgan fingerprint density at radius 3 is 2.71 bits per heavy atom. The Bertz CT molecular complexity index is 409. The zero-order chi connectivity index (χ0) is 13.0. The van der Waals surface area contributed by atoms with Gasteiger partial charge in [-0.15, -0.1) is 0 Å². The maximum atomic E-state index is 13.5. The normalized spacial score (nSPS) is 14.2. The number of hydrogen-bond acceptors (Lipinski definition) is 2. The molecule has 1 aromatic rings. The monoisotopic (exact) mass is 303 g/mol. The van der Waals surface area contributed by atoms with Gasteiger partial charge in [0, 0.05) is 10.5 Å². The summed E-state index contributed by atoms with van der Waals surface area (Å²) in [5.74, 6) is -1.04. The summed E-state index contributed by atoms with van der Waals surface area (Å²) in [5, 5.41) is 11.8. The van der Waals surface area contributed by atoms with Gasteiger partial charge in [-0.2, -0.15) is 0 Å². The molecule has 0 fully saturated rings. The first-order chi connectivity index (χ1) is 7.90. The summed E-state index contributed by atoms with van der Waals surface area (Å²) >= 11 is 3.12. The summed E-state index contributed by atoms with van der Waals surface area (Å²) in [4.78, 5) is 11.7. The van der Waals surface area contributed by atoms with Gasteiger partial charge in [0.05, 0.1) is 11.7 Å². The third kappa shape index (κ3) is 4.44. The largest absolute Gasteiger partial charge is 0.393 e. The minimum Gasteiger partial charge on any atom is -0.393 e. The van der Waals surface area contributed by atoms with Gasteiger partial charge < -0.3 is 10.4 Å². The molecule has 2 N–H and O–H groups in total. The molecule has 1 aromatic carbocycles. The van der Waals surface area contributed by atoms with Gasteiger partial charge >= 0.3 is 0 Å². The highest BCUT2D eigenvalue weighted by Gasteiger charge is 2.15. The van der Waals surface area contributed by atoms with E-state index in [1.54, 1.807) is 19.9 Å². The van der Waals surface area contributed by atoms with E-state index in [1.165, 1.54) is 12.1 Å². The molecule has 0 saturated heterocycles. The number of carbonyl (C=O) groups excluding carboxylic acids is 1. The highest BCUT2D eigenvalue weighted by atomic mass is 79.9. The summed E-state index contributed by atoms with van der Waals surface area (Å²) < 4.78 is 14.1. The molecule has 0 aliphatic carbocycles. The fraction of sp³-hybridized carbons (Fsp3) is 0.417. The Hall–Kier alpha value is -0.940. The van der Waals surface area contributed by atoms with Crippen molar-refractivity contribution in [3.05, 3.63) is 34.1 Å². The second-order valence-corrected chi connectivity index (χ2v) is 5.00. The number of halogens is 2. The van der Waals surface area contributed by atoms with Gasteiger partial charge in [0.15, 0.2) is 0 Å². The van der Waals surface area contributed by atoms with Gasteiger partial charge in [0.25, 0.3) is 5.91 Å². The fourth-order valence-electron chi connectivity index (χ4n) is 1.55. The lowest BCUT2D eigenvalue weighted by Gasteiger charge is -2.15. The van der Waals surface area contributed by atoms with Gasteiger partial charge in [0.1, 0.15) is 5.82 Å². The number of hydrogen-bond donors (Lipinski definition) is 2. The van der Waals surface area contributed by atoms with Crippen molar-refractivity contribution >= 4 is 21.8 Å². The first kappa shape index (κ1) is 14.1. The van der Waals surface area contributed by atoms with Gasteiger partial charge in [-0.05, 0) is 38.5 Å². The molecule has 0 spiro atoms. The van der Waals surface area contributed by atoms with E-state index in [4.69, 9.17) is 5.11 Å². The molecule has 0 aliphatic rings. The number of aliphatic hydroxyl groups is 1. The van der Waals surface area contributed by atoms with Gasteiger partial charge in [0.2, 0.25) is 0 Å². The smallest absolute Gasteiger partial charge is 0.254 e. The van der Waals surface area contributed by atoms with Crippen LogP contribution in [0.1, 0.15) is 30.6 Å². The molecule has 3 nitrogen and oxygen atoms in total. The molecule has 0 radical (unpaired) electrons. The summed E-state index contributed by atoms with van der Waals surface area (Å²) in [6.07, 6.45) is -0.0655. The molecule has 2 unspecified atom stereocenters. The van der Waals surface area contributed by atoms with Crippen molar-refractivity contribution in [2.24, 2.45) is 0 Å². The van der Waals surface area contributed by atoms with Crippen LogP contribution in [0.2, 0.25) is 0 Å². The van der Waals surface area contributed by atoms with E-state index in [0.717, 1.165) is 0 Å². The number of carbonyl (C=O) groups is 1. The van der Waals surface area contributed by atoms with Crippen molar-refractivity contribution in [3.63, 3.8) is 0 Å². The van der Waals surface area contributed by atoms with Gasteiger partial charge in [-0.1, -0.05) is 15.9 Å². The lowest BCUT2D eigenvalue weighted by Crippen LogP contribution is -2.35. The van der Waals surface area contributed by atoms with Crippen molar-refractivity contribution < 1.29 is 14.3 Å². The molecule has 0 bridgehead atoms. The molecular formula is C12H15BrFNO2. The van der Waals surface area contributed by atoms with Crippen molar-refractivity contribution in [2.45, 2.75) is 32.4 Å². The SMILES string of the molecule is CC(O)CC(C)NC(=O)c1ccc(Br)cc1F. The van der Waals surface area contributed by atoms with E-state index < -0.39 is 17.8 Å². The van der Waals surface area contributed by atoms with Gasteiger partial charge in [-0.25, -0.2) is 4.39 Å². The predicted molar refractivity (Wildman–Crippen MR) is 67.3 cm³/mol. The first-order valence-corrected chi connectivity index (χ1v) is 6.13. The Balaban J connectivity index is 2.70. The standard InChI is InChI=1S/C12H15BrFNO2/c1-7(5-8(2)16)15-12(17)10-4-3-9(13)6-11(10)14/h3-4,6-8,16H,5H2,1-2H3,(H,15,17). The topological polar surface area (TPSA) is 49.3 Å². The fourth-order valence-corrected chi connectivity index (χ4v) is 1.88. The van der Waals surface area contributed by atoms with E-state index in [1.807, 2.05) is 0 Å². The lowest BCUT2D eigenvalue weighted by atomic mass is 10.1. The Labute approximate surface area is 108 Å². The van der Waals surface area contributed by atoms with Crippen molar-refractivity contribution in [3.8, 4) is 0 Å². The van der Waals surface area contributed by atoms with Crippen LogP contribution in [0.15, 0.2) is 22.7 Å². The molecule has 0 aliphatic heterocycles. The average molecular weight is 304 g/mol. The van der Waals surface area contributed by atoms with Crippen LogP contribution in [-0.2, 0) is 0 Å². The van der Waals surface area contributed by atoms with Crippen molar-refractivity contribution in [1.82, 2.24) is 5.32 Å². The molecule has 0 saturated carbocycles. The highest BCUT2D eigenvalue weighted by molar-refractivity contribution is 9.10. The van der Waals surface area contributed by atoms with Crippen LogP contribution in [0.4, 0.5) is 4.39 Å². The zero-order valence-corrected chi connectivity index (χ0v) is 11.3. The third-order valence-corrected chi connectivity index (χ3v) is 2.74. The Morgan fingerprint density at radius 1 is 1.53 bits per heavy atom. The Kier molecular flexibility index (Phi) is 5.08. The maximum absolute atomic E-state index is 13.5. The first-order valence-electron chi connectivity index (χ1n) is 5.34. The van der Waals surface area contributed by atoms with E-state index in [-0.39, 0.29) is 11.6 Å². The number of aliphatic hydroxyl groups excluding tert-OH is 1. The maximum Gasteiger partial charge on any atom is 0.254 e. The van der Waals surface area contributed by atoms with Crippen LogP contribution < -0.4 is 5.32 Å².